The maximum absolute atomic E-state index is 9.18. The van der Waals surface area contributed by atoms with E-state index < -0.39 is 5.89 Å². The zero-order valence-corrected chi connectivity index (χ0v) is 9.17. The molecule has 0 fully saturated rings. The first-order valence-corrected chi connectivity index (χ1v) is 8.46. The molecule has 0 aliphatic carbocycles. The molecule has 1 nitrogen and oxygen atoms in total. The predicted octanol–water partition coefficient (Wildman–Crippen LogP) is 2.91. The molecule has 0 aromatic carbocycles. The molecule has 0 atom stereocenters. The van der Waals surface area contributed by atoms with Crippen molar-refractivity contribution in [3.8, 4) is 0 Å². The third-order valence-electron chi connectivity index (χ3n) is 1.37. The standard InChI is InChI=1S/C6H17OPS2/c1-2-3-4-5-6-8(7,9)10/h7-10H,2-6H2,1H3. The van der Waals surface area contributed by atoms with Crippen LogP contribution < -0.4 is 0 Å². The van der Waals surface area contributed by atoms with Crippen molar-refractivity contribution in [2.24, 2.45) is 0 Å². The molecular weight excluding hydrogens is 183 g/mol. The minimum atomic E-state index is -2.32. The molecule has 64 valence electrons. The minimum absolute atomic E-state index is 0.805. The van der Waals surface area contributed by atoms with Crippen LogP contribution in [0.4, 0.5) is 0 Å². The van der Waals surface area contributed by atoms with Crippen LogP contribution in [0, 0.1) is 0 Å². The van der Waals surface area contributed by atoms with Gasteiger partial charge in [-0.05, 0) is 0 Å². The van der Waals surface area contributed by atoms with Crippen LogP contribution in [-0.2, 0) is 0 Å². The van der Waals surface area contributed by atoms with Gasteiger partial charge in [-0.15, -0.1) is 0 Å². The number of hydrogen-bond acceptors (Lipinski definition) is 3. The first-order valence-electron chi connectivity index (χ1n) is 3.73. The second-order valence-corrected chi connectivity index (χ2v) is 10.1. The molecule has 4 heteroatoms. The molecule has 0 saturated heterocycles. The number of thiol groups is 2. The zero-order valence-electron chi connectivity index (χ0n) is 6.38. The van der Waals surface area contributed by atoms with Crippen molar-refractivity contribution in [2.75, 3.05) is 6.16 Å². The maximum atomic E-state index is 9.18. The van der Waals surface area contributed by atoms with E-state index in [9.17, 15) is 4.89 Å². The molecule has 10 heavy (non-hydrogen) atoms. The van der Waals surface area contributed by atoms with E-state index in [1.165, 1.54) is 19.3 Å². The molecule has 0 aromatic rings. The number of rotatable bonds is 5. The Morgan fingerprint density at radius 2 is 1.80 bits per heavy atom. The van der Waals surface area contributed by atoms with E-state index in [2.05, 4.69) is 31.4 Å². The second kappa shape index (κ2) is 5.70. The summed E-state index contributed by atoms with van der Waals surface area (Å²) in [6.07, 6.45) is 5.57. The molecule has 0 rings (SSSR count). The molecule has 0 spiro atoms. The third kappa shape index (κ3) is 9.09. The van der Waals surface area contributed by atoms with Gasteiger partial charge in [0.15, 0.2) is 0 Å². The van der Waals surface area contributed by atoms with Gasteiger partial charge in [0.2, 0.25) is 0 Å². The first kappa shape index (κ1) is 11.1. The van der Waals surface area contributed by atoms with Gasteiger partial charge in [-0.3, -0.25) is 0 Å². The fourth-order valence-electron chi connectivity index (χ4n) is 0.789. The van der Waals surface area contributed by atoms with E-state index in [1.54, 1.807) is 0 Å². The molecular formula is C6H17OPS2. The van der Waals surface area contributed by atoms with E-state index >= 15 is 0 Å². The van der Waals surface area contributed by atoms with Gasteiger partial charge in [0.05, 0.1) is 0 Å². The summed E-state index contributed by atoms with van der Waals surface area (Å²) in [5.74, 6) is -2.32. The Labute approximate surface area is 74.3 Å². The van der Waals surface area contributed by atoms with Gasteiger partial charge in [-0.25, -0.2) is 0 Å². The molecule has 0 amide bonds. The van der Waals surface area contributed by atoms with Crippen molar-refractivity contribution < 1.29 is 4.89 Å². The Bertz CT molecular complexity index is 82.3. The van der Waals surface area contributed by atoms with Crippen molar-refractivity contribution >= 4 is 30.4 Å². The van der Waals surface area contributed by atoms with E-state index in [0.717, 1.165) is 12.6 Å². The third-order valence-corrected chi connectivity index (χ3v) is 3.73. The summed E-state index contributed by atoms with van der Waals surface area (Å²) in [7, 11) is 0. The monoisotopic (exact) mass is 200 g/mol. The van der Waals surface area contributed by atoms with Crippen LogP contribution >= 0.6 is 30.4 Å². The molecule has 1 N–H and O–H groups in total. The first-order chi connectivity index (χ1) is 4.56. The van der Waals surface area contributed by atoms with Gasteiger partial charge in [-0.2, -0.15) is 0 Å². The molecule has 0 aromatic heterocycles. The molecule has 0 aliphatic rings. The average molecular weight is 200 g/mol. The Balaban J connectivity index is 3.04. The van der Waals surface area contributed by atoms with Crippen molar-refractivity contribution in [2.45, 2.75) is 32.6 Å². The van der Waals surface area contributed by atoms with Crippen LogP contribution in [0.2, 0.25) is 0 Å². The van der Waals surface area contributed by atoms with Crippen LogP contribution in [0.25, 0.3) is 0 Å². The van der Waals surface area contributed by atoms with Crippen molar-refractivity contribution in [3.05, 3.63) is 0 Å². The molecule has 0 radical (unpaired) electrons. The SMILES string of the molecule is CCCCCC[PH](O)(S)S. The van der Waals surface area contributed by atoms with Crippen molar-refractivity contribution in [3.63, 3.8) is 0 Å². The van der Waals surface area contributed by atoms with Crippen LogP contribution in [0.1, 0.15) is 32.6 Å². The Hall–Kier alpha value is 1.09. The normalized spacial score (nSPS) is 13.6. The quantitative estimate of drug-likeness (QED) is 0.354. The molecule has 0 bridgehead atoms. The zero-order chi connectivity index (χ0) is 8.04. The molecule has 0 aliphatic heterocycles. The summed E-state index contributed by atoms with van der Waals surface area (Å²) >= 11 is 8.03. The fraction of sp³-hybridized carbons (Fsp3) is 1.00. The topological polar surface area (TPSA) is 20.2 Å². The number of hydrogen-bond donors (Lipinski definition) is 3. The van der Waals surface area contributed by atoms with Gasteiger partial charge in [0.25, 0.3) is 0 Å². The summed E-state index contributed by atoms with van der Waals surface area (Å²) in [5, 5.41) is 0. The van der Waals surface area contributed by atoms with Crippen LogP contribution in [0.3, 0.4) is 0 Å². The van der Waals surface area contributed by atoms with Crippen LogP contribution in [0.5, 0.6) is 0 Å². The Kier molecular flexibility index (Phi) is 6.33. The molecule has 0 heterocycles. The summed E-state index contributed by atoms with van der Waals surface area (Å²) in [6.45, 7) is 2.17. The molecule has 0 saturated carbocycles. The summed E-state index contributed by atoms with van der Waals surface area (Å²) in [4.78, 5) is 9.18. The Morgan fingerprint density at radius 1 is 1.20 bits per heavy atom. The van der Waals surface area contributed by atoms with Crippen molar-refractivity contribution in [1.29, 1.82) is 0 Å². The molecule has 0 unspecified atom stereocenters. The van der Waals surface area contributed by atoms with Gasteiger partial charge >= 0.3 is 74.1 Å². The van der Waals surface area contributed by atoms with Gasteiger partial charge in [0, 0.05) is 0 Å². The second-order valence-electron chi connectivity index (χ2n) is 2.59. The van der Waals surface area contributed by atoms with E-state index in [4.69, 9.17) is 0 Å². The summed E-state index contributed by atoms with van der Waals surface area (Å²) in [5.41, 5.74) is 0. The van der Waals surface area contributed by atoms with Crippen molar-refractivity contribution in [1.82, 2.24) is 0 Å². The predicted molar refractivity (Wildman–Crippen MR) is 57.5 cm³/mol. The number of unbranched alkanes of at least 4 members (excludes halogenated alkanes) is 3. The summed E-state index contributed by atoms with van der Waals surface area (Å²) < 4.78 is 0. The van der Waals surface area contributed by atoms with Gasteiger partial charge in [-0.1, -0.05) is 0 Å². The van der Waals surface area contributed by atoms with E-state index in [1.807, 2.05) is 0 Å². The summed E-state index contributed by atoms with van der Waals surface area (Å²) in [6, 6.07) is 0. The van der Waals surface area contributed by atoms with Gasteiger partial charge < -0.3 is 0 Å². The van der Waals surface area contributed by atoms with Crippen LogP contribution in [0.15, 0.2) is 0 Å². The fourth-order valence-corrected chi connectivity index (χ4v) is 2.46. The van der Waals surface area contributed by atoms with Gasteiger partial charge in [0.1, 0.15) is 0 Å². The van der Waals surface area contributed by atoms with E-state index in [0.29, 0.717) is 0 Å². The Morgan fingerprint density at radius 3 is 2.20 bits per heavy atom. The average Bonchev–Trinajstić information content (AvgIpc) is 1.78. The van der Waals surface area contributed by atoms with E-state index in [-0.39, 0.29) is 0 Å². The van der Waals surface area contributed by atoms with Crippen LogP contribution in [-0.4, -0.2) is 11.1 Å².